The molecule has 3 nitrogen and oxygen atoms in total. The molecule has 20 heavy (non-hydrogen) atoms. The monoisotopic (exact) mass is 277 g/mol. The van der Waals surface area contributed by atoms with Crippen molar-refractivity contribution in [1.29, 1.82) is 0 Å². The molecule has 0 radical (unpaired) electrons. The van der Waals surface area contributed by atoms with Gasteiger partial charge in [-0.05, 0) is 43.0 Å². The molecule has 1 saturated heterocycles. The first-order valence-corrected chi connectivity index (χ1v) is 7.64. The Morgan fingerprint density at radius 3 is 2.65 bits per heavy atom. The van der Waals surface area contributed by atoms with Crippen molar-refractivity contribution in [2.45, 2.75) is 26.2 Å². The fraction of sp³-hybridized carbons (Fsp3) is 0.647. The van der Waals surface area contributed by atoms with Gasteiger partial charge in [-0.1, -0.05) is 26.0 Å². The van der Waals surface area contributed by atoms with Gasteiger partial charge in [0.1, 0.15) is 12.4 Å². The summed E-state index contributed by atoms with van der Waals surface area (Å²) in [6.45, 7) is 9.07. The number of ether oxygens (including phenoxy) is 2. The van der Waals surface area contributed by atoms with E-state index < -0.39 is 0 Å². The predicted molar refractivity (Wildman–Crippen MR) is 82.4 cm³/mol. The highest BCUT2D eigenvalue weighted by molar-refractivity contribution is 5.28. The highest BCUT2D eigenvalue weighted by Gasteiger charge is 2.17. The summed E-state index contributed by atoms with van der Waals surface area (Å²) in [6.07, 6.45) is 1.20. The van der Waals surface area contributed by atoms with E-state index in [-0.39, 0.29) is 0 Å². The van der Waals surface area contributed by atoms with Gasteiger partial charge < -0.3 is 14.4 Å². The van der Waals surface area contributed by atoms with Gasteiger partial charge >= 0.3 is 0 Å². The Labute approximate surface area is 122 Å². The van der Waals surface area contributed by atoms with Crippen molar-refractivity contribution >= 4 is 0 Å². The van der Waals surface area contributed by atoms with E-state index in [4.69, 9.17) is 9.47 Å². The molecule has 1 fully saturated rings. The third-order valence-electron chi connectivity index (χ3n) is 3.88. The topological polar surface area (TPSA) is 21.7 Å². The zero-order chi connectivity index (χ0) is 14.4. The number of rotatable bonds is 7. The molecule has 1 atom stereocenters. The Balaban J connectivity index is 1.66. The summed E-state index contributed by atoms with van der Waals surface area (Å²) < 4.78 is 11.2. The molecule has 0 aromatic heterocycles. The van der Waals surface area contributed by atoms with Crippen molar-refractivity contribution in [3.63, 3.8) is 0 Å². The summed E-state index contributed by atoms with van der Waals surface area (Å²) in [5.41, 5.74) is 1.36. The average molecular weight is 277 g/mol. The van der Waals surface area contributed by atoms with E-state index in [0.29, 0.717) is 11.8 Å². The summed E-state index contributed by atoms with van der Waals surface area (Å²) in [6, 6.07) is 8.44. The minimum atomic E-state index is 0.573. The first-order valence-electron chi connectivity index (χ1n) is 7.64. The molecule has 2 rings (SSSR count). The van der Waals surface area contributed by atoms with Crippen LogP contribution in [0.5, 0.6) is 5.75 Å². The van der Waals surface area contributed by atoms with Crippen LogP contribution in [0.15, 0.2) is 24.3 Å². The number of likely N-dealkylation sites (N-methyl/N-ethyl adjacent to an activating group) is 1. The van der Waals surface area contributed by atoms with Crippen molar-refractivity contribution in [2.24, 2.45) is 5.92 Å². The minimum Gasteiger partial charge on any atom is -0.492 e. The summed E-state index contributed by atoms with van der Waals surface area (Å²) in [5, 5.41) is 0. The van der Waals surface area contributed by atoms with E-state index in [0.717, 1.165) is 38.7 Å². The zero-order valence-electron chi connectivity index (χ0n) is 13.0. The second-order valence-electron chi connectivity index (χ2n) is 6.06. The molecule has 1 aromatic carbocycles. The van der Waals surface area contributed by atoms with Crippen molar-refractivity contribution in [3.8, 4) is 5.75 Å². The van der Waals surface area contributed by atoms with E-state index in [1.54, 1.807) is 0 Å². The normalized spacial score (nSPS) is 18.9. The number of hydrogen-bond donors (Lipinski definition) is 0. The van der Waals surface area contributed by atoms with Crippen molar-refractivity contribution in [2.75, 3.05) is 40.0 Å². The Kier molecular flexibility index (Phi) is 5.86. The number of hydrogen-bond acceptors (Lipinski definition) is 3. The smallest absolute Gasteiger partial charge is 0.119 e. The third-order valence-corrected chi connectivity index (χ3v) is 3.88. The standard InChI is InChI=1S/C17H27NO2/c1-14(2)16-4-6-17(7-5-16)20-11-9-18(3)12-15-8-10-19-13-15/h4-7,14-15H,8-13H2,1-3H3/t15-/m0/s1. The summed E-state index contributed by atoms with van der Waals surface area (Å²) in [7, 11) is 2.16. The lowest BCUT2D eigenvalue weighted by Crippen LogP contribution is -2.29. The maximum atomic E-state index is 5.80. The second kappa shape index (κ2) is 7.65. The fourth-order valence-electron chi connectivity index (χ4n) is 2.53. The van der Waals surface area contributed by atoms with Gasteiger partial charge in [0.15, 0.2) is 0 Å². The number of benzene rings is 1. The Morgan fingerprint density at radius 1 is 1.30 bits per heavy atom. The molecule has 1 aliphatic rings. The largest absolute Gasteiger partial charge is 0.492 e. The van der Waals surface area contributed by atoms with Crippen LogP contribution in [0.3, 0.4) is 0 Å². The summed E-state index contributed by atoms with van der Waals surface area (Å²) >= 11 is 0. The molecule has 1 aromatic rings. The van der Waals surface area contributed by atoms with Gasteiger partial charge in [0, 0.05) is 19.7 Å². The molecule has 0 amide bonds. The lowest BCUT2D eigenvalue weighted by Gasteiger charge is -2.20. The molecule has 0 saturated carbocycles. The van der Waals surface area contributed by atoms with Crippen LogP contribution in [-0.2, 0) is 4.74 Å². The maximum Gasteiger partial charge on any atom is 0.119 e. The number of nitrogens with zero attached hydrogens (tertiary/aromatic N) is 1. The SMILES string of the molecule is CC(C)c1ccc(OCCN(C)C[C@@H]2CCOC2)cc1. The van der Waals surface area contributed by atoms with Crippen LogP contribution in [0.25, 0.3) is 0 Å². The molecule has 0 bridgehead atoms. The van der Waals surface area contributed by atoms with Crippen molar-refractivity contribution in [3.05, 3.63) is 29.8 Å². The van der Waals surface area contributed by atoms with E-state index in [1.807, 2.05) is 0 Å². The van der Waals surface area contributed by atoms with Crippen LogP contribution in [0.2, 0.25) is 0 Å². The van der Waals surface area contributed by atoms with Gasteiger partial charge in [0.05, 0.1) is 6.61 Å². The van der Waals surface area contributed by atoms with Gasteiger partial charge in [0.25, 0.3) is 0 Å². The van der Waals surface area contributed by atoms with Gasteiger partial charge in [-0.25, -0.2) is 0 Å². The van der Waals surface area contributed by atoms with Crippen molar-refractivity contribution < 1.29 is 9.47 Å². The van der Waals surface area contributed by atoms with Gasteiger partial charge in [-0.3, -0.25) is 0 Å². The van der Waals surface area contributed by atoms with E-state index in [9.17, 15) is 0 Å². The molecule has 1 aliphatic heterocycles. The Hall–Kier alpha value is -1.06. The molecule has 0 unspecified atom stereocenters. The zero-order valence-corrected chi connectivity index (χ0v) is 13.0. The Bertz CT molecular complexity index is 382. The van der Waals surface area contributed by atoms with Crippen molar-refractivity contribution in [1.82, 2.24) is 4.90 Å². The fourth-order valence-corrected chi connectivity index (χ4v) is 2.53. The van der Waals surface area contributed by atoms with Gasteiger partial charge in [-0.2, -0.15) is 0 Å². The highest BCUT2D eigenvalue weighted by Crippen LogP contribution is 2.18. The van der Waals surface area contributed by atoms with Gasteiger partial charge in [0.2, 0.25) is 0 Å². The lowest BCUT2D eigenvalue weighted by atomic mass is 10.0. The van der Waals surface area contributed by atoms with Crippen LogP contribution in [-0.4, -0.2) is 44.9 Å². The molecular weight excluding hydrogens is 250 g/mol. The summed E-state index contributed by atoms with van der Waals surface area (Å²) in [4.78, 5) is 2.34. The first-order chi connectivity index (χ1) is 9.65. The van der Waals surface area contributed by atoms with E-state index in [1.165, 1.54) is 12.0 Å². The summed E-state index contributed by atoms with van der Waals surface area (Å²) in [5.74, 6) is 2.24. The first kappa shape index (κ1) is 15.3. The van der Waals surface area contributed by atoms with Gasteiger partial charge in [-0.15, -0.1) is 0 Å². The second-order valence-corrected chi connectivity index (χ2v) is 6.06. The molecule has 0 aliphatic carbocycles. The van der Waals surface area contributed by atoms with Crippen LogP contribution >= 0.6 is 0 Å². The average Bonchev–Trinajstić information content (AvgIpc) is 2.92. The lowest BCUT2D eigenvalue weighted by molar-refractivity contribution is 0.167. The molecule has 0 spiro atoms. The third kappa shape index (κ3) is 4.80. The minimum absolute atomic E-state index is 0.573. The van der Waals surface area contributed by atoms with Crippen LogP contribution in [0, 0.1) is 5.92 Å². The van der Waals surface area contributed by atoms with Crippen LogP contribution in [0.4, 0.5) is 0 Å². The van der Waals surface area contributed by atoms with E-state index >= 15 is 0 Å². The molecule has 112 valence electrons. The quantitative estimate of drug-likeness (QED) is 0.764. The molecule has 3 heteroatoms. The Morgan fingerprint density at radius 2 is 2.05 bits per heavy atom. The molecule has 0 N–H and O–H groups in total. The van der Waals surface area contributed by atoms with E-state index in [2.05, 4.69) is 50.1 Å². The highest BCUT2D eigenvalue weighted by atomic mass is 16.5. The van der Waals surface area contributed by atoms with Crippen LogP contribution < -0.4 is 4.74 Å². The van der Waals surface area contributed by atoms with Crippen LogP contribution in [0.1, 0.15) is 31.7 Å². The predicted octanol–water partition coefficient (Wildman–Crippen LogP) is 3.16. The maximum absolute atomic E-state index is 5.80. The molecule has 1 heterocycles. The molecular formula is C17H27NO2.